The van der Waals surface area contributed by atoms with Crippen LogP contribution in [0.2, 0.25) is 0 Å². The zero-order chi connectivity index (χ0) is 13.9. The highest BCUT2D eigenvalue weighted by molar-refractivity contribution is 9.10. The average Bonchev–Trinajstić information content (AvgIpc) is 2.89. The normalized spacial score (nSPS) is 17.2. The lowest BCUT2D eigenvalue weighted by Gasteiger charge is -2.27. The van der Waals surface area contributed by atoms with E-state index >= 15 is 0 Å². The summed E-state index contributed by atoms with van der Waals surface area (Å²) in [6.45, 7) is -0.0311. The third-order valence-corrected chi connectivity index (χ3v) is 5.69. The number of pyridine rings is 1. The fourth-order valence-electron chi connectivity index (χ4n) is 2.46. The Morgan fingerprint density at radius 1 is 1.37 bits per heavy atom. The molecule has 0 amide bonds. The minimum absolute atomic E-state index is 0.00358. The number of hydrogen-bond acceptors (Lipinski definition) is 4. The lowest BCUT2D eigenvalue weighted by Crippen LogP contribution is -2.40. The first-order chi connectivity index (χ1) is 9.05. The highest BCUT2D eigenvalue weighted by Crippen LogP contribution is 2.28. The summed E-state index contributed by atoms with van der Waals surface area (Å²) in [5.74, 6) is 0. The largest absolute Gasteiger partial charge is 0.395 e. The Morgan fingerprint density at radius 3 is 2.63 bits per heavy atom. The van der Waals surface area contributed by atoms with E-state index < -0.39 is 10.0 Å². The van der Waals surface area contributed by atoms with Gasteiger partial charge in [-0.3, -0.25) is 4.98 Å². The Balaban J connectivity index is 2.33. The van der Waals surface area contributed by atoms with Gasteiger partial charge in [-0.25, -0.2) is 8.42 Å². The molecule has 1 aliphatic rings. The Hall–Kier alpha value is -0.500. The Bertz CT molecular complexity index is 530. The van der Waals surface area contributed by atoms with Crippen LogP contribution < -0.4 is 0 Å². The van der Waals surface area contributed by atoms with E-state index in [0.717, 1.165) is 25.7 Å². The first-order valence-corrected chi connectivity index (χ1v) is 8.52. The topological polar surface area (TPSA) is 70.5 Å². The van der Waals surface area contributed by atoms with Gasteiger partial charge in [0, 0.05) is 29.5 Å². The van der Waals surface area contributed by atoms with E-state index in [-0.39, 0.29) is 24.1 Å². The Kier molecular flexibility index (Phi) is 4.94. The van der Waals surface area contributed by atoms with Crippen LogP contribution in [0.4, 0.5) is 0 Å². The summed E-state index contributed by atoms with van der Waals surface area (Å²) in [7, 11) is -3.59. The van der Waals surface area contributed by atoms with Crippen LogP contribution in [-0.2, 0) is 10.0 Å². The molecule has 1 saturated carbocycles. The fraction of sp³-hybridized carbons (Fsp3) is 0.583. The van der Waals surface area contributed by atoms with E-state index in [4.69, 9.17) is 5.11 Å². The van der Waals surface area contributed by atoms with Crippen LogP contribution >= 0.6 is 15.9 Å². The molecule has 0 radical (unpaired) electrons. The second kappa shape index (κ2) is 6.30. The fourth-order valence-corrected chi connectivity index (χ4v) is 4.64. The molecule has 0 atom stereocenters. The molecule has 0 unspecified atom stereocenters. The van der Waals surface area contributed by atoms with E-state index in [9.17, 15) is 8.42 Å². The SMILES string of the molecule is O=S(=O)(c1cncc(Br)c1)N(CCO)C1CCCC1. The molecule has 5 nitrogen and oxygen atoms in total. The van der Waals surface area contributed by atoms with Crippen molar-refractivity contribution in [1.82, 2.24) is 9.29 Å². The van der Waals surface area contributed by atoms with Crippen LogP contribution in [0.1, 0.15) is 25.7 Å². The number of aliphatic hydroxyl groups excluding tert-OH is 1. The van der Waals surface area contributed by atoms with Gasteiger partial charge in [0.2, 0.25) is 10.0 Å². The summed E-state index contributed by atoms with van der Waals surface area (Å²) in [6, 6.07) is 1.54. The van der Waals surface area contributed by atoms with Crippen molar-refractivity contribution in [2.75, 3.05) is 13.2 Å². The molecule has 0 saturated heterocycles. The molecule has 106 valence electrons. The number of aromatic nitrogens is 1. The molecule has 7 heteroatoms. The van der Waals surface area contributed by atoms with Crippen molar-refractivity contribution in [3.8, 4) is 0 Å². The van der Waals surface area contributed by atoms with Crippen LogP contribution in [0.5, 0.6) is 0 Å². The first kappa shape index (κ1) is 14.9. The number of aliphatic hydroxyl groups is 1. The van der Waals surface area contributed by atoms with Gasteiger partial charge in [0.15, 0.2) is 0 Å². The van der Waals surface area contributed by atoms with Crippen molar-refractivity contribution in [3.05, 3.63) is 22.9 Å². The van der Waals surface area contributed by atoms with Gasteiger partial charge in [0.25, 0.3) is 0 Å². The molecule has 2 rings (SSSR count). The summed E-state index contributed by atoms with van der Waals surface area (Å²) >= 11 is 3.23. The van der Waals surface area contributed by atoms with Crippen molar-refractivity contribution < 1.29 is 13.5 Å². The van der Waals surface area contributed by atoms with E-state index in [0.29, 0.717) is 4.47 Å². The molecule has 0 aliphatic heterocycles. The van der Waals surface area contributed by atoms with E-state index in [1.165, 1.54) is 10.5 Å². The molecule has 1 heterocycles. The predicted octanol–water partition coefficient (Wildman–Crippen LogP) is 1.77. The molecule has 0 bridgehead atoms. The van der Waals surface area contributed by atoms with E-state index in [2.05, 4.69) is 20.9 Å². The number of rotatable bonds is 5. The minimum Gasteiger partial charge on any atom is -0.395 e. The van der Waals surface area contributed by atoms with E-state index in [1.54, 1.807) is 12.3 Å². The van der Waals surface area contributed by atoms with Crippen LogP contribution in [0.25, 0.3) is 0 Å². The van der Waals surface area contributed by atoms with Crippen molar-refractivity contribution in [1.29, 1.82) is 0 Å². The Morgan fingerprint density at radius 2 is 2.05 bits per heavy atom. The molecule has 0 aromatic carbocycles. The van der Waals surface area contributed by atoms with Crippen LogP contribution in [-0.4, -0.2) is 42.0 Å². The van der Waals surface area contributed by atoms with Crippen molar-refractivity contribution in [2.24, 2.45) is 0 Å². The first-order valence-electron chi connectivity index (χ1n) is 6.29. The summed E-state index contributed by atoms with van der Waals surface area (Å²) in [5, 5.41) is 9.13. The van der Waals surface area contributed by atoms with Gasteiger partial charge >= 0.3 is 0 Å². The average molecular weight is 349 g/mol. The summed E-state index contributed by atoms with van der Waals surface area (Å²) in [5.41, 5.74) is 0. The van der Waals surface area contributed by atoms with Gasteiger partial charge in [0.05, 0.1) is 6.61 Å². The molecule has 1 aromatic rings. The number of nitrogens with zero attached hydrogens (tertiary/aromatic N) is 2. The number of hydrogen-bond donors (Lipinski definition) is 1. The maximum Gasteiger partial charge on any atom is 0.244 e. The van der Waals surface area contributed by atoms with Crippen molar-refractivity contribution >= 4 is 26.0 Å². The second-order valence-corrected chi connectivity index (χ2v) is 7.42. The molecular weight excluding hydrogens is 332 g/mol. The predicted molar refractivity (Wildman–Crippen MR) is 75.2 cm³/mol. The number of halogens is 1. The standard InChI is InChI=1S/C12H17BrN2O3S/c13-10-7-12(9-14-8-10)19(17,18)15(5-6-16)11-3-1-2-4-11/h7-9,11,16H,1-6H2. The van der Waals surface area contributed by atoms with Gasteiger partial charge in [-0.15, -0.1) is 0 Å². The smallest absolute Gasteiger partial charge is 0.244 e. The third-order valence-electron chi connectivity index (χ3n) is 3.34. The van der Waals surface area contributed by atoms with Crippen molar-refractivity contribution in [2.45, 2.75) is 36.6 Å². The highest BCUT2D eigenvalue weighted by atomic mass is 79.9. The van der Waals surface area contributed by atoms with Gasteiger partial charge < -0.3 is 5.11 Å². The van der Waals surface area contributed by atoms with Crippen LogP contribution in [0.3, 0.4) is 0 Å². The van der Waals surface area contributed by atoms with Crippen LogP contribution in [0.15, 0.2) is 27.8 Å². The molecular formula is C12H17BrN2O3S. The lowest BCUT2D eigenvalue weighted by molar-refractivity contribution is 0.226. The van der Waals surface area contributed by atoms with Gasteiger partial charge in [-0.2, -0.15) is 4.31 Å². The molecule has 1 aromatic heterocycles. The molecule has 1 aliphatic carbocycles. The summed E-state index contributed by atoms with van der Waals surface area (Å²) < 4.78 is 27.3. The molecule has 1 fully saturated rings. The minimum atomic E-state index is -3.59. The zero-order valence-electron chi connectivity index (χ0n) is 10.5. The third kappa shape index (κ3) is 3.34. The quantitative estimate of drug-likeness (QED) is 0.880. The van der Waals surface area contributed by atoms with Gasteiger partial charge in [0.1, 0.15) is 4.90 Å². The second-order valence-electron chi connectivity index (χ2n) is 4.62. The molecule has 0 spiro atoms. The summed E-state index contributed by atoms with van der Waals surface area (Å²) in [4.78, 5) is 4.07. The maximum absolute atomic E-state index is 12.6. The molecule has 19 heavy (non-hydrogen) atoms. The molecule has 1 N–H and O–H groups in total. The van der Waals surface area contributed by atoms with E-state index in [1.807, 2.05) is 0 Å². The monoisotopic (exact) mass is 348 g/mol. The summed E-state index contributed by atoms with van der Waals surface area (Å²) in [6.07, 6.45) is 6.70. The van der Waals surface area contributed by atoms with Gasteiger partial charge in [-0.1, -0.05) is 12.8 Å². The maximum atomic E-state index is 12.6. The van der Waals surface area contributed by atoms with Gasteiger partial charge in [-0.05, 0) is 34.8 Å². The number of sulfonamides is 1. The lowest BCUT2D eigenvalue weighted by atomic mass is 10.2. The van der Waals surface area contributed by atoms with Crippen LogP contribution in [0, 0.1) is 0 Å². The zero-order valence-corrected chi connectivity index (χ0v) is 12.9. The Labute approximate surface area is 121 Å². The highest BCUT2D eigenvalue weighted by Gasteiger charge is 2.33. The van der Waals surface area contributed by atoms with Crippen molar-refractivity contribution in [3.63, 3.8) is 0 Å².